The molecular formula is C20H18O7. The van der Waals surface area contributed by atoms with Gasteiger partial charge in [-0.2, -0.15) is 0 Å². The van der Waals surface area contributed by atoms with E-state index in [1.807, 2.05) is 36.4 Å². The molecule has 4 rings (SSSR count). The highest BCUT2D eigenvalue weighted by Crippen LogP contribution is 2.41. The van der Waals surface area contributed by atoms with Gasteiger partial charge in [0.25, 0.3) is 0 Å². The summed E-state index contributed by atoms with van der Waals surface area (Å²) in [5, 5.41) is 54.4. The minimum absolute atomic E-state index is 0.133. The van der Waals surface area contributed by atoms with Crippen molar-refractivity contribution < 1.29 is 35.1 Å². The van der Waals surface area contributed by atoms with E-state index < -0.39 is 36.2 Å². The second kappa shape index (κ2) is 6.26. The third kappa shape index (κ3) is 2.60. The Labute approximate surface area is 153 Å². The monoisotopic (exact) mass is 370 g/mol. The van der Waals surface area contributed by atoms with Crippen molar-refractivity contribution in [1.29, 1.82) is 0 Å². The second-order valence-corrected chi connectivity index (χ2v) is 6.73. The molecule has 140 valence electrons. The molecule has 1 heterocycles. The summed E-state index contributed by atoms with van der Waals surface area (Å²) in [6.07, 6.45) is -7.80. The van der Waals surface area contributed by atoms with Crippen LogP contribution in [0.5, 0.6) is 0 Å². The van der Waals surface area contributed by atoms with Crippen molar-refractivity contribution in [2.45, 2.75) is 30.2 Å². The van der Waals surface area contributed by atoms with E-state index in [4.69, 9.17) is 9.84 Å². The van der Waals surface area contributed by atoms with E-state index in [0.29, 0.717) is 5.39 Å². The summed E-state index contributed by atoms with van der Waals surface area (Å²) in [6, 6.07) is 16.2. The smallest absolute Gasteiger partial charge is 0.335 e. The van der Waals surface area contributed by atoms with Crippen LogP contribution in [0.2, 0.25) is 0 Å². The first kappa shape index (κ1) is 17.8. The minimum Gasteiger partial charge on any atom is -0.479 e. The zero-order valence-electron chi connectivity index (χ0n) is 14.1. The first-order valence-corrected chi connectivity index (χ1v) is 8.41. The zero-order chi connectivity index (χ0) is 19.3. The summed E-state index contributed by atoms with van der Waals surface area (Å²) in [7, 11) is 0. The van der Waals surface area contributed by atoms with Crippen LogP contribution in [0.15, 0.2) is 54.6 Å². The van der Waals surface area contributed by atoms with Crippen molar-refractivity contribution in [2.24, 2.45) is 0 Å². The summed E-state index contributed by atoms with van der Waals surface area (Å²) in [6.45, 7) is 0. The maximum Gasteiger partial charge on any atom is 0.335 e. The number of rotatable bonds is 2. The van der Waals surface area contributed by atoms with Gasteiger partial charge in [0.1, 0.15) is 12.2 Å². The van der Waals surface area contributed by atoms with Crippen molar-refractivity contribution in [3.8, 4) is 0 Å². The molecule has 0 bridgehead atoms. The Morgan fingerprint density at radius 3 is 2.22 bits per heavy atom. The Balaban J connectivity index is 1.92. The van der Waals surface area contributed by atoms with Crippen LogP contribution >= 0.6 is 0 Å². The lowest BCUT2D eigenvalue weighted by molar-refractivity contribution is -0.327. The zero-order valence-corrected chi connectivity index (χ0v) is 14.1. The summed E-state index contributed by atoms with van der Waals surface area (Å²) in [5.41, 5.74) is -2.28. The van der Waals surface area contributed by atoms with Gasteiger partial charge in [0.2, 0.25) is 0 Å². The lowest BCUT2D eigenvalue weighted by atomic mass is 9.78. The summed E-state index contributed by atoms with van der Waals surface area (Å²) >= 11 is 0. The number of fused-ring (bicyclic) bond motifs is 2. The largest absolute Gasteiger partial charge is 0.479 e. The van der Waals surface area contributed by atoms with Crippen LogP contribution in [-0.2, 0) is 15.1 Å². The topological polar surface area (TPSA) is 127 Å². The van der Waals surface area contributed by atoms with E-state index in [2.05, 4.69) is 0 Å². The number of hydrogen-bond donors (Lipinski definition) is 5. The Hall–Kier alpha value is -2.55. The van der Waals surface area contributed by atoms with Gasteiger partial charge < -0.3 is 30.3 Å². The highest BCUT2D eigenvalue weighted by atomic mass is 16.6. The predicted molar refractivity (Wildman–Crippen MR) is 95.9 cm³/mol. The Morgan fingerprint density at radius 1 is 0.926 bits per heavy atom. The molecule has 0 amide bonds. The highest BCUT2D eigenvalue weighted by Gasteiger charge is 2.57. The average molecular weight is 370 g/mol. The average Bonchev–Trinajstić information content (AvgIpc) is 2.66. The number of carbonyl (C=O) groups is 1. The molecule has 5 atom stereocenters. The number of aliphatic hydroxyl groups excluding tert-OH is 3. The molecule has 7 nitrogen and oxygen atoms in total. The molecule has 0 saturated carbocycles. The van der Waals surface area contributed by atoms with Crippen molar-refractivity contribution >= 4 is 27.5 Å². The quantitative estimate of drug-likeness (QED) is 0.420. The first-order valence-electron chi connectivity index (χ1n) is 8.41. The number of aliphatic hydroxyl groups is 4. The van der Waals surface area contributed by atoms with Gasteiger partial charge in [-0.25, -0.2) is 4.79 Å². The van der Waals surface area contributed by atoms with Gasteiger partial charge in [0.15, 0.2) is 18.0 Å². The second-order valence-electron chi connectivity index (χ2n) is 6.73. The minimum atomic E-state index is -2.41. The van der Waals surface area contributed by atoms with Gasteiger partial charge in [0.05, 0.1) is 0 Å². The van der Waals surface area contributed by atoms with Gasteiger partial charge in [-0.1, -0.05) is 42.5 Å². The fourth-order valence-corrected chi connectivity index (χ4v) is 3.71. The van der Waals surface area contributed by atoms with Crippen molar-refractivity contribution in [1.82, 2.24) is 0 Å². The number of ether oxygens (including phenoxy) is 1. The third-order valence-corrected chi connectivity index (χ3v) is 5.16. The van der Waals surface area contributed by atoms with E-state index in [1.54, 1.807) is 12.1 Å². The standard InChI is InChI=1S/C20H18O7/c21-15-16(18(23)24)27-19(25)20(26,17(15)22)14-7-3-6-12-8-10-4-1-2-5-11(10)9-13(12)14/h1-9,15-17,19,21-22,25-26H,(H,23,24)/t15-,16+,17+,19-,20-/m1/s1. The lowest BCUT2D eigenvalue weighted by Crippen LogP contribution is -2.65. The molecule has 0 aliphatic carbocycles. The maximum absolute atomic E-state index is 11.2. The summed E-state index contributed by atoms with van der Waals surface area (Å²) in [4.78, 5) is 11.2. The molecule has 1 fully saturated rings. The van der Waals surface area contributed by atoms with Gasteiger partial charge in [-0.05, 0) is 39.2 Å². The molecule has 5 N–H and O–H groups in total. The molecule has 0 radical (unpaired) electrons. The predicted octanol–water partition coefficient (Wildman–Crippen LogP) is 0.704. The van der Waals surface area contributed by atoms with Crippen molar-refractivity contribution in [3.63, 3.8) is 0 Å². The number of carboxylic acids is 1. The van der Waals surface area contributed by atoms with Crippen LogP contribution in [0.25, 0.3) is 21.5 Å². The van der Waals surface area contributed by atoms with Crippen LogP contribution < -0.4 is 0 Å². The Kier molecular flexibility index (Phi) is 4.14. The van der Waals surface area contributed by atoms with Gasteiger partial charge in [-0.3, -0.25) is 0 Å². The number of hydrogen-bond acceptors (Lipinski definition) is 6. The SMILES string of the molecule is O=C(O)[C@H]1O[C@@H](O)[C@@](O)(c2cccc3cc4ccccc4cc23)[C@@H](O)[C@@H]1O. The first-order chi connectivity index (χ1) is 12.8. The van der Waals surface area contributed by atoms with Crippen molar-refractivity contribution in [2.75, 3.05) is 0 Å². The van der Waals surface area contributed by atoms with Gasteiger partial charge in [-0.15, -0.1) is 0 Å². The van der Waals surface area contributed by atoms with E-state index in [9.17, 15) is 25.2 Å². The molecule has 27 heavy (non-hydrogen) atoms. The highest BCUT2D eigenvalue weighted by molar-refractivity contribution is 6.00. The molecule has 3 aromatic carbocycles. The van der Waals surface area contributed by atoms with Gasteiger partial charge >= 0.3 is 5.97 Å². The molecule has 0 aromatic heterocycles. The van der Waals surface area contributed by atoms with E-state index in [-0.39, 0.29) is 5.56 Å². The molecule has 1 aliphatic rings. The summed E-state index contributed by atoms with van der Waals surface area (Å²) in [5.74, 6) is -1.55. The lowest BCUT2D eigenvalue weighted by Gasteiger charge is -2.45. The normalized spacial score (nSPS) is 31.3. The van der Waals surface area contributed by atoms with Crippen LogP contribution in [0.1, 0.15) is 5.56 Å². The number of aliphatic carboxylic acids is 1. The Morgan fingerprint density at radius 2 is 1.56 bits per heavy atom. The molecular weight excluding hydrogens is 352 g/mol. The van der Waals surface area contributed by atoms with E-state index in [1.165, 1.54) is 6.07 Å². The van der Waals surface area contributed by atoms with Crippen LogP contribution in [0.3, 0.4) is 0 Å². The van der Waals surface area contributed by atoms with Crippen LogP contribution in [0, 0.1) is 0 Å². The fraction of sp³-hybridized carbons (Fsp3) is 0.250. The molecule has 1 aliphatic heterocycles. The van der Waals surface area contributed by atoms with E-state index >= 15 is 0 Å². The number of carboxylic acid groups (broad SMARTS) is 1. The maximum atomic E-state index is 11.2. The molecule has 0 unspecified atom stereocenters. The summed E-state index contributed by atoms with van der Waals surface area (Å²) < 4.78 is 4.93. The van der Waals surface area contributed by atoms with Crippen molar-refractivity contribution in [3.05, 3.63) is 60.2 Å². The molecule has 0 spiro atoms. The van der Waals surface area contributed by atoms with Crippen LogP contribution in [-0.4, -0.2) is 56.1 Å². The Bertz CT molecular complexity index is 1030. The molecule has 7 heteroatoms. The number of benzene rings is 3. The third-order valence-electron chi connectivity index (χ3n) is 5.16. The fourth-order valence-electron chi connectivity index (χ4n) is 3.71. The van der Waals surface area contributed by atoms with Crippen LogP contribution in [0.4, 0.5) is 0 Å². The van der Waals surface area contributed by atoms with Gasteiger partial charge in [0, 0.05) is 0 Å². The molecule has 1 saturated heterocycles. The van der Waals surface area contributed by atoms with E-state index in [0.717, 1.165) is 16.2 Å². The molecule has 3 aromatic rings.